The van der Waals surface area contributed by atoms with Gasteiger partial charge in [0.15, 0.2) is 0 Å². The van der Waals surface area contributed by atoms with Crippen molar-refractivity contribution in [3.63, 3.8) is 0 Å². The maximum absolute atomic E-state index is 14.7. The van der Waals surface area contributed by atoms with Crippen LogP contribution in [0.5, 0.6) is 5.75 Å². The van der Waals surface area contributed by atoms with Gasteiger partial charge in [-0.25, -0.2) is 9.38 Å². The highest BCUT2D eigenvalue weighted by molar-refractivity contribution is 7.14. The molecule has 0 saturated carbocycles. The average molecular weight is 433 g/mol. The topological polar surface area (TPSA) is 77.4 Å². The van der Waals surface area contributed by atoms with Crippen LogP contribution >= 0.6 is 11.3 Å². The molecule has 2 aliphatic heterocycles. The van der Waals surface area contributed by atoms with Gasteiger partial charge in [0.25, 0.3) is 0 Å². The highest BCUT2D eigenvalue weighted by atomic mass is 32.1. The Kier molecular flexibility index (Phi) is 5.42. The molecule has 30 heavy (non-hydrogen) atoms. The largest absolute Gasteiger partial charge is 0.497 e. The zero-order valence-electron chi connectivity index (χ0n) is 17.2. The molecule has 0 atom stereocenters. The number of ether oxygens (including phenoxy) is 1. The van der Waals surface area contributed by atoms with Gasteiger partial charge in [0, 0.05) is 44.2 Å². The number of amidine groups is 1. The highest BCUT2D eigenvalue weighted by Crippen LogP contribution is 2.40. The summed E-state index contributed by atoms with van der Waals surface area (Å²) in [4.78, 5) is 20.5. The van der Waals surface area contributed by atoms with E-state index >= 15 is 0 Å². The summed E-state index contributed by atoms with van der Waals surface area (Å²) in [7, 11) is 1.60. The molecule has 1 aromatic heterocycles. The van der Waals surface area contributed by atoms with Crippen molar-refractivity contribution in [3.05, 3.63) is 35.0 Å². The number of hydrogen-bond donors (Lipinski definition) is 2. The summed E-state index contributed by atoms with van der Waals surface area (Å²) in [6.45, 7) is 6.61. The first-order chi connectivity index (χ1) is 14.3. The molecule has 0 amide bonds. The molecule has 0 aliphatic carbocycles. The minimum Gasteiger partial charge on any atom is -0.497 e. The lowest BCUT2D eigenvalue weighted by Gasteiger charge is -2.38. The van der Waals surface area contributed by atoms with Crippen LogP contribution in [0.1, 0.15) is 19.4 Å². The molecule has 0 spiro atoms. The van der Waals surface area contributed by atoms with Crippen LogP contribution < -0.4 is 10.1 Å². The first-order valence-corrected chi connectivity index (χ1v) is 10.7. The van der Waals surface area contributed by atoms with Crippen molar-refractivity contribution in [1.82, 2.24) is 9.80 Å². The standard InChI is InChI=1S/C21H25FN4O3S/c1-21(2,20(27)28)12-25-6-8-26(9-7-25)18-17-14(22)11-30-19(17)24-15-5-4-13(29-3)10-16(15)23-18/h4-5,10-11,24H,6-9,12H2,1-3H3,(H,27,28). The summed E-state index contributed by atoms with van der Waals surface area (Å²) >= 11 is 1.32. The van der Waals surface area contributed by atoms with Crippen LogP contribution in [0, 0.1) is 11.2 Å². The Hall–Kier alpha value is -2.65. The predicted octanol–water partition coefficient (Wildman–Crippen LogP) is 3.76. The van der Waals surface area contributed by atoms with Gasteiger partial charge in [0.2, 0.25) is 0 Å². The molecule has 160 valence electrons. The second-order valence-electron chi connectivity index (χ2n) is 8.18. The molecule has 4 rings (SSSR count). The van der Waals surface area contributed by atoms with E-state index in [-0.39, 0.29) is 5.82 Å². The quantitative estimate of drug-likeness (QED) is 0.766. The van der Waals surface area contributed by atoms with Crippen molar-refractivity contribution in [2.45, 2.75) is 13.8 Å². The zero-order valence-corrected chi connectivity index (χ0v) is 18.1. The summed E-state index contributed by atoms with van der Waals surface area (Å²) < 4.78 is 20.1. The van der Waals surface area contributed by atoms with Crippen molar-refractivity contribution >= 4 is 39.5 Å². The fourth-order valence-corrected chi connectivity index (χ4v) is 4.55. The Balaban J connectivity index is 1.61. The Morgan fingerprint density at radius 3 is 2.73 bits per heavy atom. The monoisotopic (exact) mass is 432 g/mol. The molecule has 0 radical (unpaired) electrons. The first kappa shape index (κ1) is 20.6. The number of carbonyl (C=O) groups is 1. The lowest BCUT2D eigenvalue weighted by molar-refractivity contribution is -0.148. The number of hydrogen-bond acceptors (Lipinski definition) is 7. The van der Waals surface area contributed by atoms with Gasteiger partial charge in [-0.3, -0.25) is 9.69 Å². The van der Waals surface area contributed by atoms with Gasteiger partial charge < -0.3 is 20.1 Å². The van der Waals surface area contributed by atoms with Gasteiger partial charge in [-0.05, 0) is 26.0 Å². The second kappa shape index (κ2) is 7.88. The number of rotatable bonds is 4. The molecule has 1 fully saturated rings. The third kappa shape index (κ3) is 3.87. The van der Waals surface area contributed by atoms with Gasteiger partial charge in [-0.1, -0.05) is 0 Å². The van der Waals surface area contributed by atoms with Crippen LogP contribution in [-0.4, -0.2) is 66.5 Å². The van der Waals surface area contributed by atoms with Gasteiger partial charge in [0.05, 0.1) is 29.5 Å². The molecule has 0 unspecified atom stereocenters. The van der Waals surface area contributed by atoms with Crippen molar-refractivity contribution in [1.29, 1.82) is 0 Å². The Labute approximate surface area is 178 Å². The van der Waals surface area contributed by atoms with Crippen LogP contribution in [0.25, 0.3) is 0 Å². The van der Waals surface area contributed by atoms with Crippen LogP contribution in [0.2, 0.25) is 0 Å². The maximum Gasteiger partial charge on any atom is 0.310 e. The highest BCUT2D eigenvalue weighted by Gasteiger charge is 2.33. The number of anilines is 2. The van der Waals surface area contributed by atoms with Crippen LogP contribution in [0.3, 0.4) is 0 Å². The zero-order chi connectivity index (χ0) is 21.5. The Morgan fingerprint density at radius 2 is 2.07 bits per heavy atom. The molecule has 2 N–H and O–H groups in total. The van der Waals surface area contributed by atoms with Crippen molar-refractivity contribution in [2.24, 2.45) is 10.4 Å². The molecule has 1 saturated heterocycles. The number of nitrogens with zero attached hydrogens (tertiary/aromatic N) is 3. The number of methoxy groups -OCH3 is 1. The van der Waals surface area contributed by atoms with Gasteiger partial charge >= 0.3 is 5.97 Å². The molecule has 2 aliphatic rings. The Morgan fingerprint density at radius 1 is 1.33 bits per heavy atom. The minimum atomic E-state index is -0.811. The number of nitrogens with one attached hydrogen (secondary N) is 1. The summed E-state index contributed by atoms with van der Waals surface area (Å²) in [6, 6.07) is 5.56. The first-order valence-electron chi connectivity index (χ1n) is 9.80. The molecular formula is C21H25FN4O3S. The molecule has 3 heterocycles. The number of halogens is 1. The number of aliphatic imine (C=N–C) groups is 1. The number of carboxylic acids is 1. The number of fused-ring (bicyclic) bond motifs is 2. The van der Waals surface area contributed by atoms with E-state index in [1.54, 1.807) is 21.0 Å². The summed E-state index contributed by atoms with van der Waals surface area (Å²) in [5.74, 6) is 0.181. The van der Waals surface area contributed by atoms with Crippen molar-refractivity contribution in [2.75, 3.05) is 45.2 Å². The summed E-state index contributed by atoms with van der Waals surface area (Å²) in [5.41, 5.74) is 1.17. The minimum absolute atomic E-state index is 0.296. The number of thiophene rings is 1. The molecule has 1 aromatic carbocycles. The average Bonchev–Trinajstić information content (AvgIpc) is 2.98. The molecule has 2 aromatic rings. The summed E-state index contributed by atoms with van der Waals surface area (Å²) in [6.07, 6.45) is 0. The van der Waals surface area contributed by atoms with E-state index in [1.165, 1.54) is 16.7 Å². The smallest absolute Gasteiger partial charge is 0.310 e. The van der Waals surface area contributed by atoms with Crippen LogP contribution in [0.15, 0.2) is 28.6 Å². The lowest BCUT2D eigenvalue weighted by Crippen LogP contribution is -2.52. The van der Waals surface area contributed by atoms with Gasteiger partial charge in [-0.2, -0.15) is 0 Å². The third-order valence-corrected chi connectivity index (χ3v) is 6.39. The second-order valence-corrected chi connectivity index (χ2v) is 9.06. The predicted molar refractivity (Wildman–Crippen MR) is 116 cm³/mol. The van der Waals surface area contributed by atoms with Crippen LogP contribution in [-0.2, 0) is 4.79 Å². The van der Waals surface area contributed by atoms with E-state index in [0.717, 1.165) is 10.7 Å². The fraction of sp³-hybridized carbons (Fsp3) is 0.429. The molecule has 9 heteroatoms. The number of carboxylic acid groups (broad SMARTS) is 1. The van der Waals surface area contributed by atoms with Crippen molar-refractivity contribution in [3.8, 4) is 5.75 Å². The van der Waals surface area contributed by atoms with Crippen LogP contribution in [0.4, 0.5) is 20.8 Å². The van der Waals surface area contributed by atoms with E-state index in [2.05, 4.69) is 15.1 Å². The molecule has 7 nitrogen and oxygen atoms in total. The maximum atomic E-state index is 14.7. The van der Waals surface area contributed by atoms with Crippen molar-refractivity contribution < 1.29 is 19.0 Å². The normalized spacial score (nSPS) is 16.8. The van der Waals surface area contributed by atoms with E-state index in [4.69, 9.17) is 9.73 Å². The Bertz CT molecular complexity index is 996. The third-order valence-electron chi connectivity index (χ3n) is 5.52. The molecule has 0 bridgehead atoms. The van der Waals surface area contributed by atoms with E-state index in [9.17, 15) is 14.3 Å². The van der Waals surface area contributed by atoms with Gasteiger partial charge in [0.1, 0.15) is 22.4 Å². The van der Waals surface area contributed by atoms with E-state index in [0.29, 0.717) is 55.6 Å². The van der Waals surface area contributed by atoms with E-state index in [1.807, 2.05) is 18.2 Å². The van der Waals surface area contributed by atoms with E-state index < -0.39 is 11.4 Å². The van der Waals surface area contributed by atoms with Gasteiger partial charge in [-0.15, -0.1) is 11.3 Å². The summed E-state index contributed by atoms with van der Waals surface area (Å²) in [5, 5.41) is 14.9. The number of aliphatic carboxylic acids is 1. The fourth-order valence-electron chi connectivity index (χ4n) is 3.74. The number of benzene rings is 1. The SMILES string of the molecule is COc1ccc2c(c1)N=C(N1CCN(CC(C)(C)C(=O)O)CC1)c1c(F)csc1N2. The lowest BCUT2D eigenvalue weighted by atomic mass is 9.93. The molecular weight excluding hydrogens is 407 g/mol. The number of piperazine rings is 1.